The highest BCUT2D eigenvalue weighted by atomic mass is 16.5. The van der Waals surface area contributed by atoms with Gasteiger partial charge in [-0.15, -0.1) is 5.10 Å². The van der Waals surface area contributed by atoms with E-state index in [0.717, 1.165) is 5.56 Å². The first-order valence-electron chi connectivity index (χ1n) is 3.84. The van der Waals surface area contributed by atoms with E-state index < -0.39 is 0 Å². The van der Waals surface area contributed by atoms with E-state index in [0.29, 0.717) is 11.5 Å². The van der Waals surface area contributed by atoms with Crippen LogP contribution in [0.2, 0.25) is 0 Å². The van der Waals surface area contributed by atoms with Gasteiger partial charge in [-0.3, -0.25) is 9.20 Å². The minimum absolute atomic E-state index is 0.214. The number of fused-ring (bicyclic) bond motifs is 1. The summed E-state index contributed by atoms with van der Waals surface area (Å²) in [7, 11) is 1.51. The highest BCUT2D eigenvalue weighted by Gasteiger charge is 2.05. The van der Waals surface area contributed by atoms with Crippen LogP contribution >= 0.6 is 0 Å². The number of hydrogen-bond donors (Lipinski definition) is 1. The molecule has 1 N–H and O–H groups in total. The summed E-state index contributed by atoms with van der Waals surface area (Å²) in [4.78, 5) is 11.3. The molecule has 0 aliphatic heterocycles. The predicted octanol–water partition coefficient (Wildman–Crippen LogP) is 0.340. The Kier molecular flexibility index (Phi) is 1.58. The summed E-state index contributed by atoms with van der Waals surface area (Å²) in [6.45, 7) is 1.91. The highest BCUT2D eigenvalue weighted by molar-refractivity contribution is 5.49. The summed E-state index contributed by atoms with van der Waals surface area (Å²) >= 11 is 0. The lowest BCUT2D eigenvalue weighted by Gasteiger charge is -2.00. The van der Waals surface area contributed by atoms with Crippen molar-refractivity contribution in [3.05, 3.63) is 28.2 Å². The monoisotopic (exact) mass is 179 g/mol. The predicted molar refractivity (Wildman–Crippen MR) is 47.1 cm³/mol. The smallest absolute Gasteiger partial charge is 0.318 e. The summed E-state index contributed by atoms with van der Waals surface area (Å²) in [6, 6.07) is 2.16. The van der Waals surface area contributed by atoms with E-state index >= 15 is 0 Å². The van der Waals surface area contributed by atoms with Crippen LogP contribution in [0, 0.1) is 6.92 Å². The van der Waals surface area contributed by atoms with Crippen LogP contribution in [0.25, 0.3) is 5.52 Å². The molecule has 0 fully saturated rings. The topological polar surface area (TPSA) is 59.4 Å². The standard InChI is InChI=1S/C8H9N3O2/c1-5-3-6-7(12)9-10-8(13-2)11(6)4-5/h3-4H,1-2H3,(H,9,12). The number of rotatable bonds is 1. The lowest BCUT2D eigenvalue weighted by atomic mass is 10.4. The first kappa shape index (κ1) is 7.85. The molecule has 0 atom stereocenters. The molecule has 0 aromatic carbocycles. The van der Waals surface area contributed by atoms with Gasteiger partial charge in [0.2, 0.25) is 0 Å². The third kappa shape index (κ3) is 1.09. The fourth-order valence-corrected chi connectivity index (χ4v) is 1.28. The minimum Gasteiger partial charge on any atom is -0.467 e. The number of aromatic nitrogens is 3. The van der Waals surface area contributed by atoms with Gasteiger partial charge in [-0.1, -0.05) is 0 Å². The number of hydrogen-bond acceptors (Lipinski definition) is 3. The fourth-order valence-electron chi connectivity index (χ4n) is 1.28. The molecule has 0 bridgehead atoms. The molecular weight excluding hydrogens is 170 g/mol. The number of nitrogens with one attached hydrogen (secondary N) is 1. The molecule has 2 rings (SSSR count). The zero-order valence-corrected chi connectivity index (χ0v) is 7.37. The molecule has 0 radical (unpaired) electrons. The summed E-state index contributed by atoms with van der Waals surface area (Å²) in [5.41, 5.74) is 1.33. The zero-order valence-electron chi connectivity index (χ0n) is 7.37. The summed E-state index contributed by atoms with van der Waals surface area (Å²) in [5, 5.41) is 6.10. The molecule has 2 heterocycles. The van der Waals surface area contributed by atoms with Crippen LogP contribution in [0.4, 0.5) is 0 Å². The first-order chi connectivity index (χ1) is 6.22. The molecule has 2 aromatic rings. The second-order valence-corrected chi connectivity index (χ2v) is 2.81. The Balaban J connectivity index is 2.92. The maximum Gasteiger partial charge on any atom is 0.318 e. The normalized spacial score (nSPS) is 10.6. The number of nitrogens with zero attached hydrogens (tertiary/aromatic N) is 2. The van der Waals surface area contributed by atoms with Crippen molar-refractivity contribution in [2.75, 3.05) is 7.11 Å². The Labute approximate surface area is 74.0 Å². The van der Waals surface area contributed by atoms with Gasteiger partial charge >= 0.3 is 6.01 Å². The molecule has 0 spiro atoms. The molecule has 0 unspecified atom stereocenters. The molecule has 68 valence electrons. The van der Waals surface area contributed by atoms with Crippen molar-refractivity contribution in [1.82, 2.24) is 14.6 Å². The van der Waals surface area contributed by atoms with Gasteiger partial charge in [-0.2, -0.15) is 0 Å². The molecule has 13 heavy (non-hydrogen) atoms. The van der Waals surface area contributed by atoms with Crippen molar-refractivity contribution < 1.29 is 4.74 Å². The number of aryl methyl sites for hydroxylation is 1. The summed E-state index contributed by atoms with van der Waals surface area (Å²) < 4.78 is 6.60. The zero-order chi connectivity index (χ0) is 9.42. The van der Waals surface area contributed by atoms with Crippen molar-refractivity contribution >= 4 is 5.52 Å². The molecule has 0 aliphatic rings. The van der Waals surface area contributed by atoms with Crippen LogP contribution in [0.3, 0.4) is 0 Å². The van der Waals surface area contributed by atoms with Gasteiger partial charge in [0.05, 0.1) is 7.11 Å². The fraction of sp³-hybridized carbons (Fsp3) is 0.250. The number of aromatic amines is 1. The lowest BCUT2D eigenvalue weighted by Crippen LogP contribution is -2.12. The van der Waals surface area contributed by atoms with E-state index in [4.69, 9.17) is 4.74 Å². The molecule has 0 aliphatic carbocycles. The SMILES string of the molecule is COc1n[nH]c(=O)c2cc(C)cn12. The largest absolute Gasteiger partial charge is 0.467 e. The highest BCUT2D eigenvalue weighted by Crippen LogP contribution is 2.10. The molecule has 0 saturated carbocycles. The quantitative estimate of drug-likeness (QED) is 0.686. The molecule has 2 aromatic heterocycles. The third-order valence-corrected chi connectivity index (χ3v) is 1.83. The van der Waals surface area contributed by atoms with E-state index in [2.05, 4.69) is 10.2 Å². The summed E-state index contributed by atoms with van der Waals surface area (Å²) in [6.07, 6.45) is 1.80. The summed E-state index contributed by atoms with van der Waals surface area (Å²) in [5.74, 6) is 0. The van der Waals surface area contributed by atoms with Gasteiger partial charge in [0.15, 0.2) is 0 Å². The minimum atomic E-state index is -0.214. The van der Waals surface area contributed by atoms with E-state index in [1.807, 2.05) is 6.92 Å². The number of H-pyrrole nitrogens is 1. The Morgan fingerprint density at radius 2 is 2.38 bits per heavy atom. The van der Waals surface area contributed by atoms with Gasteiger partial charge in [-0.25, -0.2) is 5.10 Å². The van der Waals surface area contributed by atoms with Crippen molar-refractivity contribution in [2.45, 2.75) is 6.92 Å². The molecule has 5 nitrogen and oxygen atoms in total. The van der Waals surface area contributed by atoms with Crippen molar-refractivity contribution in [3.8, 4) is 6.01 Å². The van der Waals surface area contributed by atoms with Gasteiger partial charge < -0.3 is 4.74 Å². The van der Waals surface area contributed by atoms with Crippen LogP contribution < -0.4 is 10.3 Å². The lowest BCUT2D eigenvalue weighted by molar-refractivity contribution is 0.367. The van der Waals surface area contributed by atoms with E-state index in [1.54, 1.807) is 16.7 Å². The molecule has 0 saturated heterocycles. The maximum atomic E-state index is 11.3. The van der Waals surface area contributed by atoms with Crippen molar-refractivity contribution in [3.63, 3.8) is 0 Å². The number of methoxy groups -OCH3 is 1. The Hall–Kier alpha value is -1.78. The number of ether oxygens (including phenoxy) is 1. The van der Waals surface area contributed by atoms with Gasteiger partial charge in [0, 0.05) is 6.20 Å². The average molecular weight is 179 g/mol. The maximum absolute atomic E-state index is 11.3. The second-order valence-electron chi connectivity index (χ2n) is 2.81. The van der Waals surface area contributed by atoms with Crippen molar-refractivity contribution in [1.29, 1.82) is 0 Å². The van der Waals surface area contributed by atoms with Gasteiger partial charge in [0.25, 0.3) is 5.56 Å². The van der Waals surface area contributed by atoms with Crippen LogP contribution in [0.1, 0.15) is 5.56 Å². The van der Waals surface area contributed by atoms with Crippen LogP contribution in [0.15, 0.2) is 17.1 Å². The van der Waals surface area contributed by atoms with E-state index in [-0.39, 0.29) is 5.56 Å². The Bertz CT molecular complexity index is 498. The van der Waals surface area contributed by atoms with E-state index in [1.165, 1.54) is 7.11 Å². The first-order valence-corrected chi connectivity index (χ1v) is 3.84. The molecular formula is C8H9N3O2. The van der Waals surface area contributed by atoms with Crippen LogP contribution in [0.5, 0.6) is 6.01 Å². The van der Waals surface area contributed by atoms with Crippen LogP contribution in [-0.2, 0) is 0 Å². The van der Waals surface area contributed by atoms with Crippen LogP contribution in [-0.4, -0.2) is 21.7 Å². The van der Waals surface area contributed by atoms with Gasteiger partial charge in [0.1, 0.15) is 5.52 Å². The second kappa shape index (κ2) is 2.62. The Morgan fingerprint density at radius 1 is 1.62 bits per heavy atom. The molecule has 0 amide bonds. The van der Waals surface area contributed by atoms with Crippen molar-refractivity contribution in [2.24, 2.45) is 0 Å². The molecule has 5 heteroatoms. The third-order valence-electron chi connectivity index (χ3n) is 1.83. The Morgan fingerprint density at radius 3 is 3.08 bits per heavy atom. The van der Waals surface area contributed by atoms with E-state index in [9.17, 15) is 4.79 Å². The van der Waals surface area contributed by atoms with Gasteiger partial charge in [-0.05, 0) is 18.6 Å². The average Bonchev–Trinajstić information content (AvgIpc) is 2.48.